The van der Waals surface area contributed by atoms with Crippen molar-refractivity contribution < 1.29 is 9.53 Å². The molecule has 0 amide bonds. The van der Waals surface area contributed by atoms with E-state index in [2.05, 4.69) is 20.9 Å². The van der Waals surface area contributed by atoms with Gasteiger partial charge in [0.15, 0.2) is 0 Å². The number of carbonyl (C=O) groups is 1. The van der Waals surface area contributed by atoms with E-state index in [1.165, 1.54) is 0 Å². The third-order valence-electron chi connectivity index (χ3n) is 3.91. The maximum absolute atomic E-state index is 12.5. The lowest BCUT2D eigenvalue weighted by molar-refractivity contribution is 0.0525. The Morgan fingerprint density at radius 2 is 1.84 bits per heavy atom. The highest BCUT2D eigenvalue weighted by Crippen LogP contribution is 2.26. The van der Waals surface area contributed by atoms with Crippen LogP contribution in [0.15, 0.2) is 53.0 Å². The van der Waals surface area contributed by atoms with Gasteiger partial charge in [-0.15, -0.1) is 0 Å². The van der Waals surface area contributed by atoms with Crippen molar-refractivity contribution in [2.45, 2.75) is 13.8 Å². The molecule has 25 heavy (non-hydrogen) atoms. The van der Waals surface area contributed by atoms with E-state index < -0.39 is 0 Å². The van der Waals surface area contributed by atoms with Crippen molar-refractivity contribution in [3.8, 4) is 0 Å². The molecule has 0 aliphatic rings. The van der Waals surface area contributed by atoms with Crippen molar-refractivity contribution in [1.82, 2.24) is 4.98 Å². The molecule has 4 heteroatoms. The van der Waals surface area contributed by atoms with Crippen LogP contribution in [0.2, 0.25) is 0 Å². The van der Waals surface area contributed by atoms with Gasteiger partial charge in [-0.05, 0) is 37.6 Å². The summed E-state index contributed by atoms with van der Waals surface area (Å²) in [4.78, 5) is 17.0. The summed E-state index contributed by atoms with van der Waals surface area (Å²) in [6, 6.07) is 15.8. The van der Waals surface area contributed by atoms with Gasteiger partial charge in [-0.25, -0.2) is 4.79 Å². The summed E-state index contributed by atoms with van der Waals surface area (Å²) in [7, 11) is 0. The second-order valence-corrected chi connectivity index (χ2v) is 6.52. The first kappa shape index (κ1) is 17.4. The van der Waals surface area contributed by atoms with Crippen LogP contribution in [0, 0.1) is 6.92 Å². The van der Waals surface area contributed by atoms with Gasteiger partial charge in [-0.3, -0.25) is 4.98 Å². The number of carbonyl (C=O) groups excluding carboxylic acids is 1. The molecule has 0 aliphatic carbocycles. The SMILES string of the molecule is CCOC(=O)c1c(C)nc2ccccc2c1/C=C/c1ccc(Br)cc1. The summed E-state index contributed by atoms with van der Waals surface area (Å²) in [6.45, 7) is 3.98. The Kier molecular flexibility index (Phi) is 5.29. The molecular weight excluding hydrogens is 378 g/mol. The fourth-order valence-corrected chi connectivity index (χ4v) is 3.02. The van der Waals surface area contributed by atoms with E-state index in [4.69, 9.17) is 4.74 Å². The molecule has 0 spiro atoms. The summed E-state index contributed by atoms with van der Waals surface area (Å²) in [5.41, 5.74) is 3.95. The van der Waals surface area contributed by atoms with E-state index in [1.54, 1.807) is 6.92 Å². The van der Waals surface area contributed by atoms with E-state index in [1.807, 2.05) is 67.6 Å². The van der Waals surface area contributed by atoms with E-state index in [0.717, 1.165) is 26.5 Å². The molecule has 0 saturated heterocycles. The number of fused-ring (bicyclic) bond motifs is 1. The van der Waals surface area contributed by atoms with E-state index in [-0.39, 0.29) is 5.97 Å². The molecule has 1 heterocycles. The van der Waals surface area contributed by atoms with Crippen LogP contribution in [0.3, 0.4) is 0 Å². The Morgan fingerprint density at radius 1 is 1.12 bits per heavy atom. The third-order valence-corrected chi connectivity index (χ3v) is 4.43. The number of hydrogen-bond donors (Lipinski definition) is 0. The average molecular weight is 396 g/mol. The second-order valence-electron chi connectivity index (χ2n) is 5.61. The number of nitrogens with zero attached hydrogens (tertiary/aromatic N) is 1. The lowest BCUT2D eigenvalue weighted by atomic mass is 9.99. The van der Waals surface area contributed by atoms with Gasteiger partial charge >= 0.3 is 5.97 Å². The maximum atomic E-state index is 12.5. The van der Waals surface area contributed by atoms with Gasteiger partial charge < -0.3 is 4.74 Å². The predicted octanol–water partition coefficient (Wildman–Crippen LogP) is 5.65. The topological polar surface area (TPSA) is 39.2 Å². The smallest absolute Gasteiger partial charge is 0.340 e. The molecule has 3 nitrogen and oxygen atoms in total. The van der Waals surface area contributed by atoms with Crippen molar-refractivity contribution in [3.05, 3.63) is 75.4 Å². The highest BCUT2D eigenvalue weighted by molar-refractivity contribution is 9.10. The number of rotatable bonds is 4. The first-order chi connectivity index (χ1) is 12.1. The molecule has 1 aromatic heterocycles. The summed E-state index contributed by atoms with van der Waals surface area (Å²) >= 11 is 3.44. The normalized spacial score (nSPS) is 11.2. The zero-order valence-corrected chi connectivity index (χ0v) is 15.7. The Bertz CT molecular complexity index is 946. The van der Waals surface area contributed by atoms with Crippen LogP contribution in [0.4, 0.5) is 0 Å². The average Bonchev–Trinajstić information content (AvgIpc) is 2.60. The Labute approximate surface area is 155 Å². The van der Waals surface area contributed by atoms with E-state index in [9.17, 15) is 4.79 Å². The van der Waals surface area contributed by atoms with Crippen molar-refractivity contribution in [2.75, 3.05) is 6.61 Å². The van der Waals surface area contributed by atoms with Gasteiger partial charge in [0, 0.05) is 15.4 Å². The number of halogens is 1. The van der Waals surface area contributed by atoms with Crippen LogP contribution in [0.25, 0.3) is 23.1 Å². The van der Waals surface area contributed by atoms with E-state index in [0.29, 0.717) is 17.9 Å². The number of pyridine rings is 1. The first-order valence-electron chi connectivity index (χ1n) is 8.10. The maximum Gasteiger partial charge on any atom is 0.340 e. The molecule has 0 N–H and O–H groups in total. The van der Waals surface area contributed by atoms with Crippen LogP contribution in [-0.4, -0.2) is 17.6 Å². The van der Waals surface area contributed by atoms with Crippen LogP contribution < -0.4 is 0 Å². The molecule has 3 aromatic rings. The number of esters is 1. The minimum atomic E-state index is -0.339. The van der Waals surface area contributed by atoms with Crippen LogP contribution in [-0.2, 0) is 4.74 Å². The molecule has 0 radical (unpaired) electrons. The van der Waals surface area contributed by atoms with Crippen LogP contribution in [0.1, 0.15) is 34.1 Å². The monoisotopic (exact) mass is 395 g/mol. The molecule has 0 fully saturated rings. The summed E-state index contributed by atoms with van der Waals surface area (Å²) in [6.07, 6.45) is 3.96. The number of ether oxygens (including phenoxy) is 1. The summed E-state index contributed by atoms with van der Waals surface area (Å²) in [5.74, 6) is -0.339. The quantitative estimate of drug-likeness (QED) is 0.535. The van der Waals surface area contributed by atoms with Gasteiger partial charge in [0.2, 0.25) is 0 Å². The summed E-state index contributed by atoms with van der Waals surface area (Å²) < 4.78 is 6.28. The van der Waals surface area contributed by atoms with Crippen molar-refractivity contribution in [1.29, 1.82) is 0 Å². The number of para-hydroxylation sites is 1. The molecule has 0 aliphatic heterocycles. The lowest BCUT2D eigenvalue weighted by Gasteiger charge is -2.12. The number of aryl methyl sites for hydroxylation is 1. The highest BCUT2D eigenvalue weighted by atomic mass is 79.9. The Balaban J connectivity index is 2.17. The molecule has 0 bridgehead atoms. The second kappa shape index (κ2) is 7.62. The number of benzene rings is 2. The Hall–Kier alpha value is -2.46. The zero-order chi connectivity index (χ0) is 17.8. The standard InChI is InChI=1S/C21H18BrNO2/c1-3-25-21(24)20-14(2)23-19-7-5-4-6-17(19)18(20)13-10-15-8-11-16(22)12-9-15/h4-13H,3H2,1-2H3/b13-10+. The van der Waals surface area contributed by atoms with Crippen molar-refractivity contribution >= 4 is 45.0 Å². The van der Waals surface area contributed by atoms with Crippen molar-refractivity contribution in [3.63, 3.8) is 0 Å². The molecule has 0 saturated carbocycles. The molecular formula is C21H18BrNO2. The molecule has 3 rings (SSSR count). The van der Waals surface area contributed by atoms with Crippen LogP contribution in [0.5, 0.6) is 0 Å². The number of aromatic nitrogens is 1. The fraction of sp³-hybridized carbons (Fsp3) is 0.143. The van der Waals surface area contributed by atoms with E-state index >= 15 is 0 Å². The third kappa shape index (κ3) is 3.80. The van der Waals surface area contributed by atoms with Crippen LogP contribution >= 0.6 is 15.9 Å². The first-order valence-corrected chi connectivity index (χ1v) is 8.89. The number of hydrogen-bond acceptors (Lipinski definition) is 3. The molecule has 0 unspecified atom stereocenters. The molecule has 2 aromatic carbocycles. The van der Waals surface area contributed by atoms with Crippen molar-refractivity contribution in [2.24, 2.45) is 0 Å². The lowest BCUT2D eigenvalue weighted by Crippen LogP contribution is -2.10. The largest absolute Gasteiger partial charge is 0.462 e. The van der Waals surface area contributed by atoms with Gasteiger partial charge in [0.05, 0.1) is 23.4 Å². The predicted molar refractivity (Wildman–Crippen MR) is 106 cm³/mol. The minimum absolute atomic E-state index is 0.334. The molecule has 126 valence electrons. The van der Waals surface area contributed by atoms with Gasteiger partial charge in [-0.2, -0.15) is 0 Å². The summed E-state index contributed by atoms with van der Waals surface area (Å²) in [5, 5.41) is 0.935. The highest BCUT2D eigenvalue weighted by Gasteiger charge is 2.18. The fourth-order valence-electron chi connectivity index (χ4n) is 2.75. The van der Waals surface area contributed by atoms with Gasteiger partial charge in [0.25, 0.3) is 0 Å². The van der Waals surface area contributed by atoms with Gasteiger partial charge in [-0.1, -0.05) is 58.4 Å². The van der Waals surface area contributed by atoms with Gasteiger partial charge in [0.1, 0.15) is 0 Å². The zero-order valence-electron chi connectivity index (χ0n) is 14.1. The Morgan fingerprint density at radius 3 is 2.56 bits per heavy atom. The minimum Gasteiger partial charge on any atom is -0.462 e. The molecule has 0 atom stereocenters.